The normalized spacial score (nSPS) is 34.3. The van der Waals surface area contributed by atoms with Gasteiger partial charge in [0.05, 0.1) is 22.0 Å². The quantitative estimate of drug-likeness (QED) is 0.144. The number of ether oxygens (including phenoxy) is 7. The van der Waals surface area contributed by atoms with E-state index in [0.717, 1.165) is 153 Å². The second kappa shape index (κ2) is 34.7. The van der Waals surface area contributed by atoms with E-state index in [4.69, 9.17) is 33.2 Å². The second-order valence-corrected chi connectivity index (χ2v) is 55.0. The van der Waals surface area contributed by atoms with Gasteiger partial charge in [0.15, 0.2) is 34.5 Å². The van der Waals surface area contributed by atoms with Crippen molar-refractivity contribution in [3.8, 4) is 40.2 Å². The number of piperidine rings is 5. The molecule has 9 fully saturated rings. The molecule has 5 aromatic rings. The summed E-state index contributed by atoms with van der Waals surface area (Å²) < 4.78 is 45.0. The van der Waals surface area contributed by atoms with Gasteiger partial charge in [-0.2, -0.15) is 0 Å². The predicted octanol–water partition coefficient (Wildman–Crippen LogP) is 25.0. The lowest BCUT2D eigenvalue weighted by atomic mass is 9.48. The van der Waals surface area contributed by atoms with Crippen molar-refractivity contribution in [1.29, 1.82) is 0 Å². The van der Waals surface area contributed by atoms with E-state index in [0.29, 0.717) is 40.3 Å². The van der Waals surface area contributed by atoms with E-state index in [1.165, 1.54) is 124 Å². The molecular weight excluding hydrogens is 1710 g/mol. The smallest absolute Gasteiger partial charge is 0.166 e. The molecule has 23 rings (SSSR count). The van der Waals surface area contributed by atoms with E-state index in [-0.39, 0.29) is 80.4 Å². The predicted molar refractivity (Wildman–Crippen MR) is 563 cm³/mol. The molecule has 4 saturated carbocycles. The third-order valence-electron chi connectivity index (χ3n) is 37.0. The molecule has 5 aromatic carbocycles. The summed E-state index contributed by atoms with van der Waals surface area (Å²) in [6.45, 7) is 82.9. The minimum Gasteiger partial charge on any atom is -0.488 e. The number of hydrogen-bond donors (Lipinski definition) is 3. The number of rotatable bonds is 5. The lowest BCUT2D eigenvalue weighted by Gasteiger charge is -2.65. The van der Waals surface area contributed by atoms with Crippen molar-refractivity contribution in [2.75, 3.05) is 32.7 Å². The highest BCUT2D eigenvalue weighted by molar-refractivity contribution is 5.68. The van der Waals surface area contributed by atoms with Gasteiger partial charge in [-0.05, 0) is 426 Å². The fourth-order valence-corrected chi connectivity index (χ4v) is 32.1. The molecule has 138 heavy (non-hydrogen) atoms. The molecule has 3 N–H and O–H groups in total. The Morgan fingerprint density at radius 2 is 0.754 bits per heavy atom. The zero-order valence-corrected chi connectivity index (χ0v) is 91.5. The molecule has 8 aliphatic heterocycles. The molecular formula is C123H181N5O10. The van der Waals surface area contributed by atoms with Crippen molar-refractivity contribution >= 4 is 0 Å². The maximum Gasteiger partial charge on any atom is 0.166 e. The van der Waals surface area contributed by atoms with Gasteiger partial charge >= 0.3 is 0 Å². The van der Waals surface area contributed by atoms with Crippen LogP contribution in [0.2, 0.25) is 0 Å². The third-order valence-corrected chi connectivity index (χ3v) is 37.0. The van der Waals surface area contributed by atoms with Crippen LogP contribution in [0.5, 0.6) is 40.2 Å². The van der Waals surface area contributed by atoms with E-state index in [1.54, 1.807) is 27.8 Å². The van der Waals surface area contributed by atoms with Crippen molar-refractivity contribution in [3.05, 3.63) is 170 Å². The van der Waals surface area contributed by atoms with E-state index >= 15 is 0 Å². The average Bonchev–Trinajstić information content (AvgIpc) is 1.47. The summed E-state index contributed by atoms with van der Waals surface area (Å²) >= 11 is 0. The van der Waals surface area contributed by atoms with Gasteiger partial charge < -0.3 is 48.5 Å². The Balaban J connectivity index is 0.000000114. The highest BCUT2D eigenvalue weighted by atomic mass is 16.6. The molecule has 8 unspecified atom stereocenters. The van der Waals surface area contributed by atoms with E-state index < -0.39 is 28.1 Å². The Morgan fingerprint density at radius 1 is 0.384 bits per heavy atom. The first kappa shape index (κ1) is 102. The van der Waals surface area contributed by atoms with E-state index in [2.05, 4.69) is 317 Å². The number of hydrogen-bond acceptors (Lipinski definition) is 15. The van der Waals surface area contributed by atoms with Crippen LogP contribution in [-0.4, -0.2) is 188 Å². The minimum absolute atomic E-state index is 0.0149. The second-order valence-electron chi connectivity index (χ2n) is 55.0. The maximum absolute atomic E-state index is 12.4. The Kier molecular flexibility index (Phi) is 25.5. The van der Waals surface area contributed by atoms with E-state index in [1.807, 2.05) is 19.9 Å². The van der Waals surface area contributed by atoms with Crippen LogP contribution in [0.25, 0.3) is 0 Å². The molecule has 15 heteroatoms. The van der Waals surface area contributed by atoms with Gasteiger partial charge in [-0.25, -0.2) is 0 Å². The Bertz CT molecular complexity index is 5340. The van der Waals surface area contributed by atoms with Crippen molar-refractivity contribution in [2.24, 2.45) is 17.8 Å². The van der Waals surface area contributed by atoms with Gasteiger partial charge in [0.2, 0.25) is 0 Å². The third kappa shape index (κ3) is 16.6. The molecule has 5 saturated heterocycles. The van der Waals surface area contributed by atoms with Crippen molar-refractivity contribution in [1.82, 2.24) is 24.5 Å². The summed E-state index contributed by atoms with van der Waals surface area (Å²) in [5, 5.41) is 35.6. The van der Waals surface area contributed by atoms with Crippen molar-refractivity contribution in [2.45, 2.75) is 505 Å². The summed E-state index contributed by atoms with van der Waals surface area (Å²) in [5.41, 5.74) is 16.1. The number of nitrogens with zero attached hydrogens (tertiary/aromatic N) is 5. The van der Waals surface area contributed by atoms with E-state index in [9.17, 15) is 15.3 Å². The highest BCUT2D eigenvalue weighted by Gasteiger charge is 2.76. The molecule has 19 atom stereocenters. The molecule has 10 aliphatic carbocycles. The average molecular weight is 1890 g/mol. The van der Waals surface area contributed by atoms with Gasteiger partial charge in [-0.1, -0.05) is 121 Å². The van der Waals surface area contributed by atoms with Crippen molar-refractivity contribution in [3.63, 3.8) is 0 Å². The van der Waals surface area contributed by atoms with Crippen LogP contribution in [0.15, 0.2) is 109 Å². The first-order valence-corrected chi connectivity index (χ1v) is 54.7. The minimum atomic E-state index is -0.803. The molecule has 758 valence electrons. The van der Waals surface area contributed by atoms with Crippen LogP contribution >= 0.6 is 0 Å². The molecule has 8 heterocycles. The number of fused-ring (bicyclic) bond motifs is 2. The Hall–Kier alpha value is -6.40. The van der Waals surface area contributed by atoms with Crippen LogP contribution in [-0.2, 0) is 59.2 Å². The Morgan fingerprint density at radius 3 is 1.17 bits per heavy atom. The fraction of sp³-hybridized carbons (Fsp3) is 0.707. The Labute approximate surface area is 833 Å². The zero-order valence-electron chi connectivity index (χ0n) is 91.5. The summed E-state index contributed by atoms with van der Waals surface area (Å²) in [7, 11) is 0. The number of aliphatic hydroxyl groups is 3. The number of aliphatic hydroxyl groups excluding tert-OH is 1. The summed E-state index contributed by atoms with van der Waals surface area (Å²) in [6, 6.07) is 29.5. The topological polar surface area (TPSA) is 142 Å². The van der Waals surface area contributed by atoms with Crippen LogP contribution < -0.4 is 33.2 Å². The van der Waals surface area contributed by atoms with Crippen LogP contribution in [0.4, 0.5) is 0 Å². The van der Waals surface area contributed by atoms with Crippen molar-refractivity contribution < 1.29 is 48.5 Å². The monoisotopic (exact) mass is 1890 g/mol. The number of benzene rings is 5. The molecule has 18 aliphatic rings. The lowest BCUT2D eigenvalue weighted by Crippen LogP contribution is -2.77. The van der Waals surface area contributed by atoms with Gasteiger partial charge in [0.1, 0.15) is 52.6 Å². The molecule has 0 amide bonds. The van der Waals surface area contributed by atoms with Crippen LogP contribution in [0.3, 0.4) is 0 Å². The van der Waals surface area contributed by atoms with Gasteiger partial charge in [0.25, 0.3) is 0 Å². The standard InChI is InChI=1S/2C25H35NO3.C24H33NO3.C24H37NO.C23H35N.C2H6/c2*1-15-10-11-25(27)18-14-16-8-9-17(29-23(5,6)7)20-19(16)24(25,21(15)28-20)12-13-26(18)22(2,3)4;1-22(2,3)25-12-11-24-15-8-9-17(26)21(24)27-20-18(28-23(4,5)6)10-7-14(19(20)24)13-16(15)25;1-22(2,3)25-14-13-24-12-8-7-9-19(24)21(25)15-17-10-11-18(16-20(17)24)26-23(4,5)6;1-16(2)17-9-10-18-15-21-19-8-6-7-11-23(19,20(18)14-17)12-13-24(21)22(3,4)5;1-2/h2*8-9,18,21,27H,1,10-14H2,2-7H3;7-10,15-17,21,26H,11-13H2,1-6H3;10-11,16,19,21H,7-9,12-15H2,1-6H3;9-10,14,16,19,21H,6-8,11-13,15H2,1-5H3;1-2H3/t2*18?,21-,24-,25+;15?,16?,17-,21-,24-;19?,21-,24?;19?,21-,23?;/m00000./s1. The summed E-state index contributed by atoms with van der Waals surface area (Å²) in [5.74, 6) is 8.78. The van der Waals surface area contributed by atoms with Gasteiger partial charge in [0, 0.05) is 110 Å². The molecule has 10 bridgehead atoms. The van der Waals surface area contributed by atoms with Gasteiger partial charge in [-0.3, -0.25) is 24.5 Å². The maximum atomic E-state index is 12.4. The van der Waals surface area contributed by atoms with Gasteiger partial charge in [-0.15, -0.1) is 0 Å². The largest absolute Gasteiger partial charge is 0.488 e. The molecule has 3 spiro atoms. The first-order valence-electron chi connectivity index (χ1n) is 54.7. The van der Waals surface area contributed by atoms with Crippen LogP contribution in [0, 0.1) is 17.8 Å². The lowest BCUT2D eigenvalue weighted by molar-refractivity contribution is -0.189. The fourth-order valence-electron chi connectivity index (χ4n) is 32.1. The first-order chi connectivity index (χ1) is 64.2. The number of likely N-dealkylation sites (tertiary alicyclic amines) is 5. The zero-order chi connectivity index (χ0) is 99.9. The summed E-state index contributed by atoms with van der Waals surface area (Å²) in [4.78, 5) is 13.4. The molecule has 0 aromatic heterocycles. The highest BCUT2D eigenvalue weighted by Crippen LogP contribution is 2.71. The van der Waals surface area contributed by atoms with Crippen LogP contribution in [0.1, 0.15) is 391 Å². The molecule has 15 nitrogen and oxygen atoms in total. The molecule has 0 radical (unpaired) electrons. The summed E-state index contributed by atoms with van der Waals surface area (Å²) in [6.07, 6.45) is 28.3. The SMILES string of the molecule is C=C1CC[C@@]2(O)C3Cc4ccc(OC(C)(C)C)c5c4[C@@]2(CCN3C(C)(C)C)[C@H]1O5.C=C1CC[C@@]2(O)C3Cc4ccc(OC(C)(C)C)c5c4[C@@]2(CCN3C(C)(C)C)[C@H]1O5.CC.CC(C)(C)Oc1ccc2c(c1)C13CCCCC1[C@H](C2)N(C(C)(C)C)CC3.CC(C)(C)Oc1ccc2c3c1O[C@H]1[C@@H](O)C=CC4C(C2)N(C(C)(C)C)CC[C@@]341.CC(C)c1ccc2c(c1)C13CCCCC1[C@H](C2)N(C(C)(C)C)CC3.